The van der Waals surface area contributed by atoms with Crippen LogP contribution in [-0.2, 0) is 11.2 Å². The second-order valence-electron chi connectivity index (χ2n) is 5.34. The summed E-state index contributed by atoms with van der Waals surface area (Å²) in [6.07, 6.45) is 0.970. The number of carbonyl (C=O) groups excluding carboxylic acids is 1. The highest BCUT2D eigenvalue weighted by Crippen LogP contribution is 2.22. The SMILES string of the molecule is COc1cccc(CC(=O)CC(C)c2ccc(N)cc2)c1. The highest BCUT2D eigenvalue weighted by Gasteiger charge is 2.12. The monoisotopic (exact) mass is 283 g/mol. The van der Waals surface area contributed by atoms with Crippen LogP contribution in [-0.4, -0.2) is 12.9 Å². The summed E-state index contributed by atoms with van der Waals surface area (Å²) in [6, 6.07) is 15.4. The van der Waals surface area contributed by atoms with Gasteiger partial charge in [-0.2, -0.15) is 0 Å². The van der Waals surface area contributed by atoms with Crippen molar-refractivity contribution in [3.8, 4) is 5.75 Å². The maximum Gasteiger partial charge on any atom is 0.137 e. The zero-order valence-corrected chi connectivity index (χ0v) is 12.5. The Morgan fingerprint density at radius 1 is 1.19 bits per heavy atom. The average molecular weight is 283 g/mol. The van der Waals surface area contributed by atoms with Crippen molar-refractivity contribution in [1.29, 1.82) is 0 Å². The highest BCUT2D eigenvalue weighted by molar-refractivity contribution is 5.81. The summed E-state index contributed by atoms with van der Waals surface area (Å²) in [5.74, 6) is 1.21. The van der Waals surface area contributed by atoms with Crippen LogP contribution in [0.4, 0.5) is 5.69 Å². The maximum atomic E-state index is 12.2. The molecule has 0 aliphatic carbocycles. The molecule has 0 radical (unpaired) electrons. The molecular weight excluding hydrogens is 262 g/mol. The van der Waals surface area contributed by atoms with Crippen molar-refractivity contribution in [2.24, 2.45) is 0 Å². The van der Waals surface area contributed by atoms with Crippen LogP contribution in [0, 0.1) is 0 Å². The summed E-state index contributed by atoms with van der Waals surface area (Å²) in [5.41, 5.74) is 8.55. The van der Waals surface area contributed by atoms with Crippen LogP contribution in [0.1, 0.15) is 30.4 Å². The number of nitrogens with two attached hydrogens (primary N) is 1. The summed E-state index contributed by atoms with van der Waals surface area (Å²) >= 11 is 0. The summed E-state index contributed by atoms with van der Waals surface area (Å²) < 4.78 is 5.17. The van der Waals surface area contributed by atoms with Gasteiger partial charge in [0.25, 0.3) is 0 Å². The second kappa shape index (κ2) is 6.93. The highest BCUT2D eigenvalue weighted by atomic mass is 16.5. The van der Waals surface area contributed by atoms with Gasteiger partial charge in [0.1, 0.15) is 11.5 Å². The van der Waals surface area contributed by atoms with Gasteiger partial charge < -0.3 is 10.5 Å². The van der Waals surface area contributed by atoms with Crippen LogP contribution >= 0.6 is 0 Å². The van der Waals surface area contributed by atoms with E-state index in [4.69, 9.17) is 10.5 Å². The molecule has 0 aliphatic rings. The van der Waals surface area contributed by atoms with Gasteiger partial charge in [-0.25, -0.2) is 0 Å². The predicted octanol–water partition coefficient (Wildman–Crippen LogP) is 3.58. The van der Waals surface area contributed by atoms with Crippen molar-refractivity contribution < 1.29 is 9.53 Å². The van der Waals surface area contributed by atoms with Crippen molar-refractivity contribution in [3.63, 3.8) is 0 Å². The van der Waals surface area contributed by atoms with Gasteiger partial charge in [-0.3, -0.25) is 4.79 Å². The van der Waals surface area contributed by atoms with Gasteiger partial charge in [0.05, 0.1) is 7.11 Å². The number of ketones is 1. The van der Waals surface area contributed by atoms with Gasteiger partial charge in [0, 0.05) is 18.5 Å². The van der Waals surface area contributed by atoms with Crippen molar-refractivity contribution in [2.75, 3.05) is 12.8 Å². The normalized spacial score (nSPS) is 11.9. The molecule has 0 bridgehead atoms. The molecule has 0 aliphatic heterocycles. The Balaban J connectivity index is 1.96. The van der Waals surface area contributed by atoms with Gasteiger partial charge in [-0.1, -0.05) is 31.2 Å². The molecule has 110 valence electrons. The molecule has 21 heavy (non-hydrogen) atoms. The van der Waals surface area contributed by atoms with Crippen LogP contribution in [0.2, 0.25) is 0 Å². The molecule has 0 fully saturated rings. The van der Waals surface area contributed by atoms with Gasteiger partial charge in [-0.05, 0) is 41.3 Å². The van der Waals surface area contributed by atoms with Crippen molar-refractivity contribution >= 4 is 11.5 Å². The van der Waals surface area contributed by atoms with E-state index in [0.29, 0.717) is 12.8 Å². The number of nitrogen functional groups attached to an aromatic ring is 1. The lowest BCUT2D eigenvalue weighted by Gasteiger charge is -2.11. The Morgan fingerprint density at radius 2 is 1.90 bits per heavy atom. The molecule has 0 amide bonds. The lowest BCUT2D eigenvalue weighted by Crippen LogP contribution is -2.07. The number of anilines is 1. The summed E-state index contributed by atoms with van der Waals surface area (Å²) in [4.78, 5) is 12.2. The fourth-order valence-electron chi connectivity index (χ4n) is 2.37. The summed E-state index contributed by atoms with van der Waals surface area (Å²) in [7, 11) is 1.63. The smallest absolute Gasteiger partial charge is 0.137 e. The molecule has 0 spiro atoms. The molecule has 3 nitrogen and oxygen atoms in total. The molecule has 2 aromatic rings. The van der Waals surface area contributed by atoms with E-state index in [9.17, 15) is 4.79 Å². The standard InChI is InChI=1S/C18H21NO2/c1-13(15-6-8-16(19)9-7-15)10-17(20)11-14-4-3-5-18(12-14)21-2/h3-9,12-13H,10-11,19H2,1-2H3. The van der Waals surface area contributed by atoms with Gasteiger partial charge in [-0.15, -0.1) is 0 Å². The Bertz CT molecular complexity index is 605. The van der Waals surface area contributed by atoms with E-state index in [0.717, 1.165) is 22.6 Å². The van der Waals surface area contributed by atoms with Crippen molar-refractivity contribution in [2.45, 2.75) is 25.7 Å². The minimum Gasteiger partial charge on any atom is -0.497 e. The van der Waals surface area contributed by atoms with E-state index in [1.807, 2.05) is 48.5 Å². The van der Waals surface area contributed by atoms with E-state index in [-0.39, 0.29) is 11.7 Å². The van der Waals surface area contributed by atoms with Crippen LogP contribution in [0.15, 0.2) is 48.5 Å². The number of rotatable bonds is 6. The number of Topliss-reactive ketones (excluding diaryl/α,β-unsaturated/α-hetero) is 1. The third-order valence-corrected chi connectivity index (χ3v) is 3.57. The average Bonchev–Trinajstić information content (AvgIpc) is 2.47. The number of methoxy groups -OCH3 is 1. The van der Waals surface area contributed by atoms with Crippen LogP contribution < -0.4 is 10.5 Å². The van der Waals surface area contributed by atoms with E-state index in [1.165, 1.54) is 0 Å². The molecule has 2 aromatic carbocycles. The first kappa shape index (κ1) is 15.1. The summed E-state index contributed by atoms with van der Waals surface area (Å²) in [5, 5.41) is 0. The Labute approximate surface area is 125 Å². The number of hydrogen-bond acceptors (Lipinski definition) is 3. The molecular formula is C18H21NO2. The number of carbonyl (C=O) groups is 1. The minimum absolute atomic E-state index is 0.198. The van der Waals surface area contributed by atoms with Crippen LogP contribution in [0.3, 0.4) is 0 Å². The zero-order valence-electron chi connectivity index (χ0n) is 12.5. The van der Waals surface area contributed by atoms with E-state index in [1.54, 1.807) is 7.11 Å². The first-order chi connectivity index (χ1) is 10.1. The molecule has 1 unspecified atom stereocenters. The van der Waals surface area contributed by atoms with Crippen LogP contribution in [0.25, 0.3) is 0 Å². The molecule has 0 saturated heterocycles. The predicted molar refractivity (Wildman–Crippen MR) is 85.6 cm³/mol. The number of benzene rings is 2. The van der Waals surface area contributed by atoms with E-state index in [2.05, 4.69) is 6.92 Å². The molecule has 2 N–H and O–H groups in total. The van der Waals surface area contributed by atoms with Crippen molar-refractivity contribution in [3.05, 3.63) is 59.7 Å². The quantitative estimate of drug-likeness (QED) is 0.824. The lowest BCUT2D eigenvalue weighted by molar-refractivity contribution is -0.118. The second-order valence-corrected chi connectivity index (χ2v) is 5.34. The largest absolute Gasteiger partial charge is 0.497 e. The summed E-state index contributed by atoms with van der Waals surface area (Å²) in [6.45, 7) is 2.06. The molecule has 1 atom stereocenters. The molecule has 0 saturated carbocycles. The fourth-order valence-corrected chi connectivity index (χ4v) is 2.37. The van der Waals surface area contributed by atoms with E-state index < -0.39 is 0 Å². The third kappa shape index (κ3) is 4.35. The molecule has 2 rings (SSSR count). The van der Waals surface area contributed by atoms with Gasteiger partial charge in [0.15, 0.2) is 0 Å². The van der Waals surface area contributed by atoms with E-state index >= 15 is 0 Å². The lowest BCUT2D eigenvalue weighted by atomic mass is 9.93. The first-order valence-corrected chi connectivity index (χ1v) is 7.08. The zero-order chi connectivity index (χ0) is 15.2. The third-order valence-electron chi connectivity index (χ3n) is 3.57. The molecule has 3 heteroatoms. The molecule has 0 heterocycles. The Morgan fingerprint density at radius 3 is 2.57 bits per heavy atom. The minimum atomic E-state index is 0.198. The van der Waals surface area contributed by atoms with Gasteiger partial charge >= 0.3 is 0 Å². The number of hydrogen-bond donors (Lipinski definition) is 1. The Hall–Kier alpha value is -2.29. The Kier molecular flexibility index (Phi) is 4.99. The molecule has 0 aromatic heterocycles. The first-order valence-electron chi connectivity index (χ1n) is 7.08. The maximum absolute atomic E-state index is 12.2. The van der Waals surface area contributed by atoms with Gasteiger partial charge in [0.2, 0.25) is 0 Å². The fraction of sp³-hybridized carbons (Fsp3) is 0.278. The topological polar surface area (TPSA) is 52.3 Å². The van der Waals surface area contributed by atoms with Crippen LogP contribution in [0.5, 0.6) is 5.75 Å². The van der Waals surface area contributed by atoms with Crippen molar-refractivity contribution in [1.82, 2.24) is 0 Å². The number of ether oxygens (including phenoxy) is 1.